The molecule has 0 aromatic heterocycles. The van der Waals surface area contributed by atoms with Crippen molar-refractivity contribution in [1.82, 2.24) is 10.2 Å². The van der Waals surface area contributed by atoms with Gasteiger partial charge in [0.15, 0.2) is 0 Å². The molecule has 0 unspecified atom stereocenters. The van der Waals surface area contributed by atoms with E-state index in [1.54, 1.807) is 7.05 Å². The fourth-order valence-corrected chi connectivity index (χ4v) is 1.26. The van der Waals surface area contributed by atoms with Crippen molar-refractivity contribution in [2.45, 2.75) is 12.8 Å². The number of nitrogens with zero attached hydrogens (tertiary/aromatic N) is 1. The van der Waals surface area contributed by atoms with Crippen molar-refractivity contribution in [2.24, 2.45) is 0 Å². The van der Waals surface area contributed by atoms with Gasteiger partial charge in [-0.2, -0.15) is 0 Å². The summed E-state index contributed by atoms with van der Waals surface area (Å²) in [4.78, 5) is 13.2. The van der Waals surface area contributed by atoms with Gasteiger partial charge in [-0.1, -0.05) is 0 Å². The quantitative estimate of drug-likeness (QED) is 0.610. The molecule has 1 aliphatic heterocycles. The monoisotopic (exact) mass is 155 g/mol. The molecule has 1 saturated heterocycles. The van der Waals surface area contributed by atoms with Crippen LogP contribution in [0.4, 0.5) is 0 Å². The van der Waals surface area contributed by atoms with Gasteiger partial charge in [0.1, 0.15) is 0 Å². The number of rotatable bonds is 2. The minimum Gasteiger partial charge on any atom is -0.342 e. The van der Waals surface area contributed by atoms with Crippen molar-refractivity contribution in [2.75, 3.05) is 26.7 Å². The molecule has 0 bridgehead atoms. The summed E-state index contributed by atoms with van der Waals surface area (Å²) >= 11 is 0. The van der Waals surface area contributed by atoms with Crippen molar-refractivity contribution < 1.29 is 4.79 Å². The van der Waals surface area contributed by atoms with Crippen LogP contribution in [0.15, 0.2) is 0 Å². The van der Waals surface area contributed by atoms with Crippen molar-refractivity contribution in [3.05, 3.63) is 6.42 Å². The zero-order valence-electron chi connectivity index (χ0n) is 6.97. The highest BCUT2D eigenvalue weighted by Crippen LogP contribution is 2.06. The van der Waals surface area contributed by atoms with E-state index < -0.39 is 0 Å². The van der Waals surface area contributed by atoms with Crippen LogP contribution in [0.5, 0.6) is 0 Å². The molecule has 11 heavy (non-hydrogen) atoms. The lowest BCUT2D eigenvalue weighted by Gasteiger charge is -2.26. The molecule has 0 aromatic rings. The van der Waals surface area contributed by atoms with E-state index in [0.29, 0.717) is 6.54 Å². The van der Waals surface area contributed by atoms with Crippen LogP contribution in [-0.4, -0.2) is 37.5 Å². The summed E-state index contributed by atoms with van der Waals surface area (Å²) in [5.41, 5.74) is 0. The summed E-state index contributed by atoms with van der Waals surface area (Å²) in [6.45, 7) is 2.28. The van der Waals surface area contributed by atoms with E-state index in [1.807, 2.05) is 4.90 Å². The maximum absolute atomic E-state index is 11.2. The summed E-state index contributed by atoms with van der Waals surface area (Å²) < 4.78 is 0. The Kier molecular flexibility index (Phi) is 3.36. The van der Waals surface area contributed by atoms with Crippen LogP contribution in [0, 0.1) is 6.42 Å². The van der Waals surface area contributed by atoms with Gasteiger partial charge < -0.3 is 10.2 Å². The van der Waals surface area contributed by atoms with Gasteiger partial charge in [-0.3, -0.25) is 4.79 Å². The van der Waals surface area contributed by atoms with Gasteiger partial charge in [-0.25, -0.2) is 0 Å². The molecule has 1 rings (SSSR count). The second-order valence-electron chi connectivity index (χ2n) is 2.78. The zero-order valence-corrected chi connectivity index (χ0v) is 6.97. The highest BCUT2D eigenvalue weighted by molar-refractivity contribution is 5.78. The Labute approximate surface area is 67.8 Å². The predicted molar refractivity (Wildman–Crippen MR) is 44.0 cm³/mol. The normalized spacial score (nSPS) is 18.5. The molecule has 1 aliphatic rings. The number of amides is 1. The van der Waals surface area contributed by atoms with Gasteiger partial charge >= 0.3 is 0 Å². The van der Waals surface area contributed by atoms with Gasteiger partial charge in [0.05, 0.1) is 6.54 Å². The maximum atomic E-state index is 11.2. The van der Waals surface area contributed by atoms with Gasteiger partial charge in [-0.05, 0) is 26.3 Å². The smallest absolute Gasteiger partial charge is 0.236 e. The molecule has 3 nitrogen and oxygen atoms in total. The molecule has 1 N–H and O–H groups in total. The van der Waals surface area contributed by atoms with E-state index >= 15 is 0 Å². The fourth-order valence-electron chi connectivity index (χ4n) is 1.26. The van der Waals surface area contributed by atoms with Crippen LogP contribution in [0.3, 0.4) is 0 Å². The molecular weight excluding hydrogens is 140 g/mol. The lowest BCUT2D eigenvalue weighted by molar-refractivity contribution is -0.130. The van der Waals surface area contributed by atoms with Crippen LogP contribution in [-0.2, 0) is 4.79 Å². The number of likely N-dealkylation sites (tertiary alicyclic amines) is 1. The lowest BCUT2D eigenvalue weighted by Crippen LogP contribution is -2.40. The molecule has 1 heterocycles. The molecule has 1 amide bonds. The van der Waals surface area contributed by atoms with Gasteiger partial charge in [0.25, 0.3) is 0 Å². The molecule has 0 spiro atoms. The van der Waals surface area contributed by atoms with Crippen LogP contribution in [0.2, 0.25) is 0 Å². The van der Waals surface area contributed by atoms with Crippen molar-refractivity contribution in [1.29, 1.82) is 0 Å². The minimum absolute atomic E-state index is 0.223. The van der Waals surface area contributed by atoms with Crippen LogP contribution in [0.25, 0.3) is 0 Å². The number of nitrogens with one attached hydrogen (secondary N) is 1. The first-order valence-electron chi connectivity index (χ1n) is 4.08. The molecule has 0 aromatic carbocycles. The third-order valence-electron chi connectivity index (χ3n) is 1.89. The molecule has 0 aliphatic carbocycles. The first-order valence-corrected chi connectivity index (χ1v) is 4.08. The molecule has 0 saturated carbocycles. The number of piperidine rings is 1. The number of hydrogen-bond donors (Lipinski definition) is 1. The topological polar surface area (TPSA) is 32.3 Å². The molecule has 0 atom stereocenters. The summed E-state index contributed by atoms with van der Waals surface area (Å²) in [6, 6.07) is 0. The van der Waals surface area contributed by atoms with Gasteiger partial charge in [-0.15, -0.1) is 0 Å². The number of hydrogen-bond acceptors (Lipinski definition) is 2. The predicted octanol–water partition coefficient (Wildman–Crippen LogP) is 0.0325. The Morgan fingerprint density at radius 2 is 2.18 bits per heavy atom. The Bertz CT molecular complexity index is 130. The first kappa shape index (κ1) is 8.53. The SMILES string of the molecule is CNCC(=O)N1CC[CH]CC1. The second-order valence-corrected chi connectivity index (χ2v) is 2.78. The third kappa shape index (κ3) is 2.50. The fraction of sp³-hybridized carbons (Fsp3) is 0.750. The van der Waals surface area contributed by atoms with E-state index in [9.17, 15) is 4.79 Å². The standard InChI is InChI=1S/C8H15N2O/c1-9-7-8(11)10-5-3-2-4-6-10/h2,9H,3-7H2,1H3. The minimum atomic E-state index is 0.223. The first-order chi connectivity index (χ1) is 5.34. The van der Waals surface area contributed by atoms with E-state index in [2.05, 4.69) is 11.7 Å². The summed E-state index contributed by atoms with van der Waals surface area (Å²) in [5.74, 6) is 0.223. The number of carbonyl (C=O) groups excluding carboxylic acids is 1. The van der Waals surface area contributed by atoms with E-state index in [4.69, 9.17) is 0 Å². The molecule has 1 radical (unpaired) electrons. The molecule has 1 fully saturated rings. The third-order valence-corrected chi connectivity index (χ3v) is 1.89. The number of likely N-dealkylation sites (N-methyl/N-ethyl adjacent to an activating group) is 1. The average Bonchev–Trinajstić information content (AvgIpc) is 2.07. The Morgan fingerprint density at radius 3 is 2.73 bits per heavy atom. The van der Waals surface area contributed by atoms with Crippen LogP contribution < -0.4 is 5.32 Å². The zero-order chi connectivity index (χ0) is 8.10. The van der Waals surface area contributed by atoms with Crippen molar-refractivity contribution >= 4 is 5.91 Å². The van der Waals surface area contributed by atoms with Gasteiger partial charge in [0, 0.05) is 13.1 Å². The highest BCUT2D eigenvalue weighted by atomic mass is 16.2. The van der Waals surface area contributed by atoms with Gasteiger partial charge in [0.2, 0.25) is 5.91 Å². The largest absolute Gasteiger partial charge is 0.342 e. The average molecular weight is 155 g/mol. The second kappa shape index (κ2) is 4.34. The highest BCUT2D eigenvalue weighted by Gasteiger charge is 2.14. The molecular formula is C8H15N2O. The van der Waals surface area contributed by atoms with Crippen molar-refractivity contribution in [3.8, 4) is 0 Å². The Hall–Kier alpha value is -0.570. The molecule has 3 heteroatoms. The van der Waals surface area contributed by atoms with E-state index in [0.717, 1.165) is 25.9 Å². The summed E-state index contributed by atoms with van der Waals surface area (Å²) in [7, 11) is 1.80. The van der Waals surface area contributed by atoms with Crippen LogP contribution >= 0.6 is 0 Å². The summed E-state index contributed by atoms with van der Waals surface area (Å²) in [5, 5.41) is 2.86. The maximum Gasteiger partial charge on any atom is 0.236 e. The Morgan fingerprint density at radius 1 is 1.55 bits per heavy atom. The summed E-state index contributed by atoms with van der Waals surface area (Å²) in [6.07, 6.45) is 4.34. The van der Waals surface area contributed by atoms with E-state index in [-0.39, 0.29) is 5.91 Å². The number of carbonyl (C=O) groups is 1. The van der Waals surface area contributed by atoms with Crippen molar-refractivity contribution in [3.63, 3.8) is 0 Å². The Balaban J connectivity index is 2.27. The van der Waals surface area contributed by atoms with Crippen LogP contribution in [0.1, 0.15) is 12.8 Å². The van der Waals surface area contributed by atoms with E-state index in [1.165, 1.54) is 0 Å². The lowest BCUT2D eigenvalue weighted by atomic mass is 10.1. The molecule has 63 valence electrons.